The number of phenolic OH excluding ortho intramolecular Hbond substituents is 1. The van der Waals surface area contributed by atoms with Crippen LogP contribution < -0.4 is 10.5 Å². The van der Waals surface area contributed by atoms with Gasteiger partial charge in [0.1, 0.15) is 11.5 Å². The van der Waals surface area contributed by atoms with Gasteiger partial charge in [-0.3, -0.25) is 0 Å². The van der Waals surface area contributed by atoms with Crippen molar-refractivity contribution in [2.24, 2.45) is 5.73 Å². The Morgan fingerprint density at radius 1 is 1.17 bits per heavy atom. The molecule has 2 aromatic rings. The van der Waals surface area contributed by atoms with Gasteiger partial charge in [0.15, 0.2) is 0 Å². The van der Waals surface area contributed by atoms with E-state index in [-0.39, 0.29) is 11.8 Å². The molecule has 1 unspecified atom stereocenters. The average Bonchev–Trinajstić information content (AvgIpc) is 2.39. The molecule has 0 fully saturated rings. The number of aromatic hydroxyl groups is 1. The van der Waals surface area contributed by atoms with Gasteiger partial charge in [0.2, 0.25) is 0 Å². The summed E-state index contributed by atoms with van der Waals surface area (Å²) in [5.41, 5.74) is 8.53. The molecule has 3 nitrogen and oxygen atoms in total. The largest absolute Gasteiger partial charge is 0.507 e. The first-order chi connectivity index (χ1) is 8.61. The molecule has 0 heterocycles. The maximum absolute atomic E-state index is 9.95. The zero-order chi connectivity index (χ0) is 13.1. The molecule has 94 valence electrons. The van der Waals surface area contributed by atoms with Crippen LogP contribution in [0.2, 0.25) is 0 Å². The molecule has 3 heteroatoms. The van der Waals surface area contributed by atoms with Crippen LogP contribution in [-0.2, 0) is 0 Å². The number of hydrogen-bond donors (Lipinski definition) is 2. The van der Waals surface area contributed by atoms with Gasteiger partial charge in [-0.1, -0.05) is 18.2 Å². The Morgan fingerprint density at radius 3 is 2.61 bits per heavy atom. The van der Waals surface area contributed by atoms with E-state index in [4.69, 9.17) is 10.5 Å². The first kappa shape index (κ1) is 12.5. The predicted octanol–water partition coefficient (Wildman–Crippen LogP) is 3.09. The van der Waals surface area contributed by atoms with E-state index in [1.807, 2.05) is 43.3 Å². The van der Waals surface area contributed by atoms with Crippen LogP contribution in [0.15, 0.2) is 42.5 Å². The summed E-state index contributed by atoms with van der Waals surface area (Å²) in [7, 11) is 1.62. The van der Waals surface area contributed by atoms with E-state index >= 15 is 0 Å². The fourth-order valence-corrected chi connectivity index (χ4v) is 1.86. The van der Waals surface area contributed by atoms with E-state index in [1.165, 1.54) is 0 Å². The highest BCUT2D eigenvalue weighted by Crippen LogP contribution is 2.33. The highest BCUT2D eigenvalue weighted by Gasteiger charge is 2.08. The van der Waals surface area contributed by atoms with Gasteiger partial charge in [-0.25, -0.2) is 0 Å². The van der Waals surface area contributed by atoms with Crippen molar-refractivity contribution in [2.45, 2.75) is 13.0 Å². The van der Waals surface area contributed by atoms with Crippen molar-refractivity contribution in [3.05, 3.63) is 48.0 Å². The number of hydrogen-bond acceptors (Lipinski definition) is 3. The van der Waals surface area contributed by atoms with Crippen LogP contribution in [0.5, 0.6) is 11.5 Å². The molecule has 0 radical (unpaired) electrons. The SMILES string of the molecule is COc1cccc(-c2cc(C(C)N)ccc2O)c1. The average molecular weight is 243 g/mol. The molecule has 0 aromatic heterocycles. The van der Waals surface area contributed by atoms with Crippen molar-refractivity contribution in [1.29, 1.82) is 0 Å². The molecule has 0 aliphatic carbocycles. The molecule has 0 bridgehead atoms. The summed E-state index contributed by atoms with van der Waals surface area (Å²) in [6, 6.07) is 13.0. The van der Waals surface area contributed by atoms with Crippen molar-refractivity contribution in [3.63, 3.8) is 0 Å². The lowest BCUT2D eigenvalue weighted by Crippen LogP contribution is -2.04. The van der Waals surface area contributed by atoms with Crippen LogP contribution in [0.25, 0.3) is 11.1 Å². The first-order valence-corrected chi connectivity index (χ1v) is 5.84. The van der Waals surface area contributed by atoms with Crippen LogP contribution in [0, 0.1) is 0 Å². The molecule has 0 spiro atoms. The van der Waals surface area contributed by atoms with Crippen LogP contribution in [0.1, 0.15) is 18.5 Å². The minimum absolute atomic E-state index is 0.0602. The summed E-state index contributed by atoms with van der Waals surface area (Å²) in [6.45, 7) is 1.92. The molecule has 0 saturated heterocycles. The fourth-order valence-electron chi connectivity index (χ4n) is 1.86. The molecule has 0 aliphatic rings. The second kappa shape index (κ2) is 5.10. The third kappa shape index (κ3) is 2.46. The minimum Gasteiger partial charge on any atom is -0.507 e. The Hall–Kier alpha value is -2.00. The third-order valence-electron chi connectivity index (χ3n) is 2.93. The number of ether oxygens (including phenoxy) is 1. The summed E-state index contributed by atoms with van der Waals surface area (Å²) in [5, 5.41) is 9.95. The van der Waals surface area contributed by atoms with Crippen molar-refractivity contribution in [1.82, 2.24) is 0 Å². The van der Waals surface area contributed by atoms with Gasteiger partial charge in [-0.05, 0) is 42.3 Å². The van der Waals surface area contributed by atoms with Crippen LogP contribution in [0.4, 0.5) is 0 Å². The normalized spacial score (nSPS) is 12.2. The standard InChI is InChI=1S/C15H17NO2/c1-10(16)11-6-7-15(17)14(9-11)12-4-3-5-13(8-12)18-2/h3-10,17H,16H2,1-2H3. The van der Waals surface area contributed by atoms with Crippen molar-refractivity contribution >= 4 is 0 Å². The number of benzene rings is 2. The smallest absolute Gasteiger partial charge is 0.123 e. The zero-order valence-corrected chi connectivity index (χ0v) is 10.6. The third-order valence-corrected chi connectivity index (χ3v) is 2.93. The van der Waals surface area contributed by atoms with E-state index in [9.17, 15) is 5.11 Å². The van der Waals surface area contributed by atoms with Gasteiger partial charge in [-0.15, -0.1) is 0 Å². The quantitative estimate of drug-likeness (QED) is 0.871. The molecular weight excluding hydrogens is 226 g/mol. The summed E-state index contributed by atoms with van der Waals surface area (Å²) in [4.78, 5) is 0. The lowest BCUT2D eigenvalue weighted by Gasteiger charge is -2.11. The van der Waals surface area contributed by atoms with Gasteiger partial charge >= 0.3 is 0 Å². The van der Waals surface area contributed by atoms with Gasteiger partial charge in [0.05, 0.1) is 7.11 Å². The molecule has 0 aliphatic heterocycles. The lowest BCUT2D eigenvalue weighted by atomic mass is 9.99. The molecule has 0 saturated carbocycles. The number of nitrogens with two attached hydrogens (primary N) is 1. The lowest BCUT2D eigenvalue weighted by molar-refractivity contribution is 0.415. The second-order valence-electron chi connectivity index (χ2n) is 4.30. The highest BCUT2D eigenvalue weighted by atomic mass is 16.5. The molecule has 1 atom stereocenters. The summed E-state index contributed by atoms with van der Waals surface area (Å²) < 4.78 is 5.19. The molecule has 0 amide bonds. The molecule has 3 N–H and O–H groups in total. The molecule has 2 aromatic carbocycles. The van der Waals surface area contributed by atoms with Crippen molar-refractivity contribution < 1.29 is 9.84 Å². The van der Waals surface area contributed by atoms with Crippen LogP contribution in [-0.4, -0.2) is 12.2 Å². The van der Waals surface area contributed by atoms with E-state index in [1.54, 1.807) is 13.2 Å². The van der Waals surface area contributed by atoms with Crippen LogP contribution in [0.3, 0.4) is 0 Å². The van der Waals surface area contributed by atoms with E-state index in [0.29, 0.717) is 0 Å². The first-order valence-electron chi connectivity index (χ1n) is 5.84. The van der Waals surface area contributed by atoms with Gasteiger partial charge in [-0.2, -0.15) is 0 Å². The van der Waals surface area contributed by atoms with Gasteiger partial charge in [0.25, 0.3) is 0 Å². The Bertz CT molecular complexity index is 550. The maximum atomic E-state index is 9.95. The zero-order valence-electron chi connectivity index (χ0n) is 10.6. The topological polar surface area (TPSA) is 55.5 Å². The predicted molar refractivity (Wildman–Crippen MR) is 72.7 cm³/mol. The molecule has 2 rings (SSSR count). The highest BCUT2D eigenvalue weighted by molar-refractivity contribution is 5.72. The summed E-state index contributed by atoms with van der Waals surface area (Å²) in [6.07, 6.45) is 0. The molecular formula is C15H17NO2. The fraction of sp³-hybridized carbons (Fsp3) is 0.200. The van der Waals surface area contributed by atoms with Crippen molar-refractivity contribution in [2.75, 3.05) is 7.11 Å². The van der Waals surface area contributed by atoms with Crippen molar-refractivity contribution in [3.8, 4) is 22.6 Å². The summed E-state index contributed by atoms with van der Waals surface area (Å²) >= 11 is 0. The number of rotatable bonds is 3. The number of methoxy groups -OCH3 is 1. The van der Waals surface area contributed by atoms with Crippen LogP contribution >= 0.6 is 0 Å². The Labute approximate surface area is 107 Å². The van der Waals surface area contributed by atoms with E-state index in [2.05, 4.69) is 0 Å². The molecule has 18 heavy (non-hydrogen) atoms. The Balaban J connectivity index is 2.51. The Kier molecular flexibility index (Phi) is 3.53. The van der Waals surface area contributed by atoms with Gasteiger partial charge < -0.3 is 15.6 Å². The van der Waals surface area contributed by atoms with Gasteiger partial charge in [0, 0.05) is 11.6 Å². The monoisotopic (exact) mass is 243 g/mol. The maximum Gasteiger partial charge on any atom is 0.123 e. The number of phenols is 1. The second-order valence-corrected chi connectivity index (χ2v) is 4.30. The summed E-state index contributed by atoms with van der Waals surface area (Å²) in [5.74, 6) is 1.01. The minimum atomic E-state index is -0.0602. The van der Waals surface area contributed by atoms with E-state index in [0.717, 1.165) is 22.4 Å². The van der Waals surface area contributed by atoms with E-state index < -0.39 is 0 Å². The Morgan fingerprint density at radius 2 is 1.94 bits per heavy atom.